The minimum Gasteiger partial charge on any atom is -0.508 e. The molecule has 1 fully saturated rings. The first kappa shape index (κ1) is 27.5. The van der Waals surface area contributed by atoms with Gasteiger partial charge in [-0.3, -0.25) is 0 Å². The molecule has 0 unspecified atom stereocenters. The number of phenols is 5. The maximum atomic E-state index is 12.3. The number of esters is 1. The highest BCUT2D eigenvalue weighted by Gasteiger charge is 2.45. The third kappa shape index (κ3) is 6.51. The minimum atomic E-state index is -1.70. The summed E-state index contributed by atoms with van der Waals surface area (Å²) in [7, 11) is 0. The van der Waals surface area contributed by atoms with Crippen molar-refractivity contribution in [1.82, 2.24) is 0 Å². The first-order chi connectivity index (χ1) is 18.5. The quantitative estimate of drug-likeness (QED) is 0.121. The molecular weight excluding hydrogens is 516 g/mol. The Morgan fingerprint density at radius 1 is 0.769 bits per heavy atom. The smallest absolute Gasteiger partial charge is 0.338 e. The topological polar surface area (TPSA) is 207 Å². The van der Waals surface area contributed by atoms with Crippen LogP contribution in [0, 0.1) is 0 Å². The van der Waals surface area contributed by atoms with Crippen LogP contribution in [0.25, 0.3) is 12.2 Å². The van der Waals surface area contributed by atoms with Crippen LogP contribution in [0.2, 0.25) is 0 Å². The normalized spacial score (nSPS) is 23.0. The van der Waals surface area contributed by atoms with E-state index in [1.54, 1.807) is 36.4 Å². The van der Waals surface area contributed by atoms with E-state index in [0.717, 1.165) is 17.7 Å². The van der Waals surface area contributed by atoms with E-state index in [9.17, 15) is 45.6 Å². The number of rotatable bonds is 7. The van der Waals surface area contributed by atoms with Crippen LogP contribution in [0.5, 0.6) is 34.5 Å². The van der Waals surface area contributed by atoms with Crippen molar-refractivity contribution < 1.29 is 59.9 Å². The monoisotopic (exact) mass is 542 g/mol. The average molecular weight is 542 g/mol. The lowest BCUT2D eigenvalue weighted by Gasteiger charge is -2.39. The molecule has 206 valence electrons. The molecule has 39 heavy (non-hydrogen) atoms. The zero-order chi connectivity index (χ0) is 28.3. The second-order valence-electron chi connectivity index (χ2n) is 8.78. The van der Waals surface area contributed by atoms with E-state index in [1.165, 1.54) is 18.2 Å². The molecule has 0 amide bonds. The SMILES string of the molecule is O=C(OC[C@@H]1O[C@@H](Oc2ccc(/C=C/c3cc(O)cc(O)c3)cc2)[C@@H](O)[C@H](O)[C@@H]1O)c1cc(O)c(O)c(O)c1. The van der Waals surface area contributed by atoms with E-state index < -0.39 is 60.5 Å². The first-order valence-electron chi connectivity index (χ1n) is 11.6. The molecule has 0 spiro atoms. The highest BCUT2D eigenvalue weighted by molar-refractivity contribution is 5.91. The van der Waals surface area contributed by atoms with E-state index in [2.05, 4.69) is 0 Å². The van der Waals surface area contributed by atoms with Crippen molar-refractivity contribution in [1.29, 1.82) is 0 Å². The lowest BCUT2D eigenvalue weighted by molar-refractivity contribution is -0.277. The zero-order valence-corrected chi connectivity index (χ0v) is 20.2. The van der Waals surface area contributed by atoms with Gasteiger partial charge in [-0.05, 0) is 47.5 Å². The molecule has 12 nitrogen and oxygen atoms in total. The highest BCUT2D eigenvalue weighted by Crippen LogP contribution is 2.35. The number of aromatic hydroxyl groups is 5. The molecule has 0 saturated carbocycles. The van der Waals surface area contributed by atoms with Gasteiger partial charge in [0.2, 0.25) is 6.29 Å². The third-order valence-corrected chi connectivity index (χ3v) is 5.88. The molecule has 1 heterocycles. The van der Waals surface area contributed by atoms with Crippen molar-refractivity contribution in [2.45, 2.75) is 30.7 Å². The van der Waals surface area contributed by atoms with Crippen LogP contribution in [0.4, 0.5) is 0 Å². The number of benzene rings is 3. The van der Waals surface area contributed by atoms with Gasteiger partial charge in [0, 0.05) is 6.07 Å². The van der Waals surface area contributed by atoms with Crippen LogP contribution < -0.4 is 4.74 Å². The molecule has 5 atom stereocenters. The summed E-state index contributed by atoms with van der Waals surface area (Å²) in [5.41, 5.74) is 1.02. The fraction of sp³-hybridized carbons (Fsp3) is 0.222. The Balaban J connectivity index is 1.38. The van der Waals surface area contributed by atoms with Gasteiger partial charge in [0.05, 0.1) is 5.56 Å². The summed E-state index contributed by atoms with van der Waals surface area (Å²) in [6, 6.07) is 12.4. The number of hydrogen-bond donors (Lipinski definition) is 8. The predicted octanol–water partition coefficient (Wildman–Crippen LogP) is 1.43. The van der Waals surface area contributed by atoms with Crippen LogP contribution >= 0.6 is 0 Å². The Hall–Kier alpha value is -4.49. The summed E-state index contributed by atoms with van der Waals surface area (Å²) in [4.78, 5) is 12.3. The molecular formula is C27H26O12. The van der Waals surface area contributed by atoms with Crippen molar-refractivity contribution in [3.63, 3.8) is 0 Å². The first-order valence-corrected chi connectivity index (χ1v) is 11.6. The molecule has 1 saturated heterocycles. The highest BCUT2D eigenvalue weighted by atomic mass is 16.7. The summed E-state index contributed by atoms with van der Waals surface area (Å²) < 4.78 is 16.2. The fourth-order valence-electron chi connectivity index (χ4n) is 3.81. The molecule has 0 bridgehead atoms. The van der Waals surface area contributed by atoms with Gasteiger partial charge in [0.15, 0.2) is 17.2 Å². The fourth-order valence-corrected chi connectivity index (χ4v) is 3.81. The van der Waals surface area contributed by atoms with Gasteiger partial charge >= 0.3 is 5.97 Å². The lowest BCUT2D eigenvalue weighted by atomic mass is 9.99. The zero-order valence-electron chi connectivity index (χ0n) is 20.2. The van der Waals surface area contributed by atoms with Gasteiger partial charge in [-0.25, -0.2) is 4.79 Å². The number of hydrogen-bond acceptors (Lipinski definition) is 12. The largest absolute Gasteiger partial charge is 0.508 e. The molecule has 1 aliphatic heterocycles. The van der Waals surface area contributed by atoms with Crippen LogP contribution in [0.3, 0.4) is 0 Å². The summed E-state index contributed by atoms with van der Waals surface area (Å²) in [6.45, 7) is -0.583. The van der Waals surface area contributed by atoms with E-state index >= 15 is 0 Å². The van der Waals surface area contributed by atoms with Gasteiger partial charge in [0.1, 0.15) is 48.3 Å². The number of aliphatic hydroxyl groups excluding tert-OH is 3. The Morgan fingerprint density at radius 3 is 1.97 bits per heavy atom. The lowest BCUT2D eigenvalue weighted by Crippen LogP contribution is -2.60. The molecule has 12 heteroatoms. The van der Waals surface area contributed by atoms with Crippen molar-refractivity contribution in [2.75, 3.05) is 6.61 Å². The second kappa shape index (κ2) is 11.5. The van der Waals surface area contributed by atoms with Crippen LogP contribution in [0.1, 0.15) is 21.5 Å². The second-order valence-corrected chi connectivity index (χ2v) is 8.78. The van der Waals surface area contributed by atoms with Gasteiger partial charge in [-0.15, -0.1) is 0 Å². The maximum absolute atomic E-state index is 12.3. The molecule has 3 aromatic rings. The predicted molar refractivity (Wildman–Crippen MR) is 134 cm³/mol. The van der Waals surface area contributed by atoms with Crippen molar-refractivity contribution in [2.24, 2.45) is 0 Å². The Labute approximate surface area is 221 Å². The molecule has 0 radical (unpaired) electrons. The van der Waals surface area contributed by atoms with Gasteiger partial charge in [-0.2, -0.15) is 0 Å². The van der Waals surface area contributed by atoms with Gasteiger partial charge < -0.3 is 55.1 Å². The number of aliphatic hydroxyl groups is 3. The molecule has 4 rings (SSSR count). The summed E-state index contributed by atoms with van der Waals surface area (Å²) in [5.74, 6) is -3.24. The summed E-state index contributed by atoms with van der Waals surface area (Å²) in [6.07, 6.45) is -4.33. The number of carbonyl (C=O) groups is 1. The van der Waals surface area contributed by atoms with Crippen LogP contribution in [-0.2, 0) is 9.47 Å². The Bertz CT molecular complexity index is 1310. The molecule has 0 aliphatic carbocycles. The minimum absolute atomic E-state index is 0.0799. The van der Waals surface area contributed by atoms with E-state index in [-0.39, 0.29) is 22.8 Å². The third-order valence-electron chi connectivity index (χ3n) is 5.88. The molecule has 3 aromatic carbocycles. The molecule has 1 aliphatic rings. The Morgan fingerprint density at radius 2 is 1.36 bits per heavy atom. The van der Waals surface area contributed by atoms with Crippen LogP contribution in [-0.4, -0.2) is 84.1 Å². The van der Waals surface area contributed by atoms with E-state index in [4.69, 9.17) is 14.2 Å². The molecule has 0 aromatic heterocycles. The summed E-state index contributed by atoms with van der Waals surface area (Å²) >= 11 is 0. The van der Waals surface area contributed by atoms with E-state index in [1.807, 2.05) is 0 Å². The number of carbonyl (C=O) groups excluding carboxylic acids is 1. The Kier molecular flexibility index (Phi) is 8.12. The van der Waals surface area contributed by atoms with Gasteiger partial charge in [0.25, 0.3) is 0 Å². The van der Waals surface area contributed by atoms with Crippen molar-refractivity contribution >= 4 is 18.1 Å². The summed E-state index contributed by atoms with van der Waals surface area (Å²) in [5, 5.41) is 78.6. The average Bonchev–Trinajstić information content (AvgIpc) is 2.90. The molecule has 8 N–H and O–H groups in total. The van der Waals surface area contributed by atoms with E-state index in [0.29, 0.717) is 5.56 Å². The maximum Gasteiger partial charge on any atom is 0.338 e. The van der Waals surface area contributed by atoms with Crippen molar-refractivity contribution in [3.8, 4) is 34.5 Å². The number of ether oxygens (including phenoxy) is 3. The standard InChI is InChI=1S/C27H26O12/c28-16-7-14(8-17(29)11-16)2-1-13-3-5-18(6-4-13)38-27-25(35)24(34)23(33)21(39-27)12-37-26(36)15-9-19(30)22(32)20(31)10-15/h1-11,21,23-25,27-35H,12H2/b2-1+/t21-,23+,24+,25-,27+/m0/s1. The van der Waals surface area contributed by atoms with Gasteiger partial charge in [-0.1, -0.05) is 24.3 Å². The van der Waals surface area contributed by atoms with Crippen LogP contribution in [0.15, 0.2) is 54.6 Å². The van der Waals surface area contributed by atoms with Crippen molar-refractivity contribution in [3.05, 3.63) is 71.3 Å². The number of phenolic OH excluding ortho intramolecular Hbond substituents is 5.